The Morgan fingerprint density at radius 2 is 2.24 bits per heavy atom. The molecule has 2 aromatic rings. The maximum atomic E-state index is 5.85. The number of nitrogens with one attached hydrogen (secondary N) is 1. The molecule has 2 heterocycles. The van der Waals surface area contributed by atoms with Crippen LogP contribution in [-0.4, -0.2) is 26.1 Å². The summed E-state index contributed by atoms with van der Waals surface area (Å²) in [7, 11) is 0. The average molecular weight is 301 g/mol. The number of aromatic nitrogens is 3. The van der Waals surface area contributed by atoms with Crippen molar-refractivity contribution in [3.05, 3.63) is 41.6 Å². The molecule has 0 fully saturated rings. The van der Waals surface area contributed by atoms with Gasteiger partial charge in [0.15, 0.2) is 0 Å². The van der Waals surface area contributed by atoms with E-state index in [1.165, 1.54) is 24.1 Å². The molecular weight excluding hydrogens is 282 g/mol. The summed E-state index contributed by atoms with van der Waals surface area (Å²) in [4.78, 5) is 9.18. The lowest BCUT2D eigenvalue weighted by Gasteiger charge is -2.19. The van der Waals surface area contributed by atoms with E-state index in [1.54, 1.807) is 12.5 Å². The lowest BCUT2D eigenvalue weighted by molar-refractivity contribution is 0.667. The number of pyridine rings is 1. The molecule has 1 aliphatic carbocycles. The molecule has 1 aliphatic rings. The first kappa shape index (κ1) is 14.0. The van der Waals surface area contributed by atoms with Gasteiger partial charge in [-0.1, -0.05) is 12.2 Å². The molecule has 0 bridgehead atoms. The van der Waals surface area contributed by atoms with Crippen LogP contribution in [0.2, 0.25) is 0 Å². The van der Waals surface area contributed by atoms with E-state index in [-0.39, 0.29) is 0 Å². The molecule has 3 N–H and O–H groups in total. The highest BCUT2D eigenvalue weighted by molar-refractivity contribution is 7.80. The topological polar surface area (TPSA) is 68.8 Å². The lowest BCUT2D eigenvalue weighted by Crippen LogP contribution is -2.19. The van der Waals surface area contributed by atoms with Crippen LogP contribution >= 0.6 is 12.2 Å². The van der Waals surface area contributed by atoms with Crippen molar-refractivity contribution in [1.29, 1.82) is 0 Å². The van der Waals surface area contributed by atoms with Gasteiger partial charge in [0.25, 0.3) is 0 Å². The third kappa shape index (κ3) is 3.21. The molecule has 3 rings (SSSR count). The number of imidazole rings is 1. The maximum Gasteiger partial charge on any atom is 0.136 e. The molecule has 21 heavy (non-hydrogen) atoms. The molecule has 0 saturated heterocycles. The third-order valence-electron chi connectivity index (χ3n) is 3.79. The summed E-state index contributed by atoms with van der Waals surface area (Å²) >= 11 is 5.17. The molecule has 0 atom stereocenters. The number of fused-ring (bicyclic) bond motifs is 1. The number of nitrogens with zero attached hydrogens (tertiary/aromatic N) is 3. The summed E-state index contributed by atoms with van der Waals surface area (Å²) in [5.41, 5.74) is 9.19. The van der Waals surface area contributed by atoms with Crippen LogP contribution in [-0.2, 0) is 19.4 Å². The van der Waals surface area contributed by atoms with Gasteiger partial charge < -0.3 is 15.6 Å². The van der Waals surface area contributed by atoms with Crippen molar-refractivity contribution in [3.8, 4) is 0 Å². The van der Waals surface area contributed by atoms with E-state index in [4.69, 9.17) is 22.9 Å². The zero-order valence-corrected chi connectivity index (χ0v) is 12.7. The Kier molecular flexibility index (Phi) is 4.15. The van der Waals surface area contributed by atoms with Gasteiger partial charge >= 0.3 is 0 Å². The van der Waals surface area contributed by atoms with E-state index in [2.05, 4.69) is 16.4 Å². The molecule has 0 unspecified atom stereocenters. The van der Waals surface area contributed by atoms with E-state index < -0.39 is 0 Å². The standard InChI is InChI=1S/C15H19N5S/c16-14(21)12-9-11-3-1-2-4-13(11)19-15(12)18-6-8-20-7-5-17-10-20/h5,7,9-10H,1-4,6,8H2,(H2,16,21)(H,18,19). The minimum atomic E-state index is 0.404. The minimum absolute atomic E-state index is 0.404. The van der Waals surface area contributed by atoms with Gasteiger partial charge in [-0.15, -0.1) is 0 Å². The second-order valence-corrected chi connectivity index (χ2v) is 5.73. The van der Waals surface area contributed by atoms with Gasteiger partial charge in [-0.2, -0.15) is 0 Å². The van der Waals surface area contributed by atoms with Crippen molar-refractivity contribution in [2.24, 2.45) is 5.73 Å². The third-order valence-corrected chi connectivity index (χ3v) is 4.01. The molecule has 0 saturated carbocycles. The Morgan fingerprint density at radius 3 is 3.00 bits per heavy atom. The van der Waals surface area contributed by atoms with Gasteiger partial charge in [-0.3, -0.25) is 0 Å². The van der Waals surface area contributed by atoms with Crippen LogP contribution in [0, 0.1) is 0 Å². The van der Waals surface area contributed by atoms with Gasteiger partial charge in [-0.25, -0.2) is 9.97 Å². The molecule has 0 amide bonds. The highest BCUT2D eigenvalue weighted by Gasteiger charge is 2.16. The van der Waals surface area contributed by atoms with Crippen molar-refractivity contribution in [2.75, 3.05) is 11.9 Å². The zero-order valence-electron chi connectivity index (χ0n) is 11.9. The maximum absolute atomic E-state index is 5.85. The molecule has 5 nitrogen and oxygen atoms in total. The molecule has 110 valence electrons. The zero-order chi connectivity index (χ0) is 14.7. The van der Waals surface area contributed by atoms with Crippen LogP contribution < -0.4 is 11.1 Å². The first-order valence-corrected chi connectivity index (χ1v) is 7.67. The van der Waals surface area contributed by atoms with E-state index >= 15 is 0 Å². The van der Waals surface area contributed by atoms with Crippen molar-refractivity contribution in [2.45, 2.75) is 32.2 Å². The van der Waals surface area contributed by atoms with Crippen molar-refractivity contribution in [1.82, 2.24) is 14.5 Å². The fourth-order valence-corrected chi connectivity index (χ4v) is 2.83. The predicted molar refractivity (Wildman–Crippen MR) is 87.5 cm³/mol. The number of rotatable bonds is 5. The number of hydrogen-bond acceptors (Lipinski definition) is 4. The van der Waals surface area contributed by atoms with Gasteiger partial charge in [0.2, 0.25) is 0 Å². The molecule has 6 heteroatoms. The summed E-state index contributed by atoms with van der Waals surface area (Å²) in [6, 6.07) is 2.11. The number of thiocarbonyl (C=S) groups is 1. The van der Waals surface area contributed by atoms with Gasteiger partial charge in [0, 0.05) is 31.2 Å². The minimum Gasteiger partial charge on any atom is -0.389 e. The highest BCUT2D eigenvalue weighted by atomic mass is 32.1. The molecule has 0 radical (unpaired) electrons. The smallest absolute Gasteiger partial charge is 0.136 e. The molecule has 0 aromatic carbocycles. The quantitative estimate of drug-likeness (QED) is 0.826. The molecule has 0 aliphatic heterocycles. The Hall–Kier alpha value is -1.95. The molecule has 0 spiro atoms. The Balaban J connectivity index is 1.77. The second-order valence-electron chi connectivity index (χ2n) is 5.29. The molecule has 2 aromatic heterocycles. The molecular formula is C15H19N5S. The SMILES string of the molecule is NC(=S)c1cc2c(nc1NCCn1ccnc1)CCCC2. The van der Waals surface area contributed by atoms with Crippen molar-refractivity contribution >= 4 is 23.0 Å². The van der Waals surface area contributed by atoms with Crippen LogP contribution in [0.1, 0.15) is 29.7 Å². The fourth-order valence-electron chi connectivity index (χ4n) is 2.68. The van der Waals surface area contributed by atoms with Crippen LogP contribution in [0.4, 0.5) is 5.82 Å². The van der Waals surface area contributed by atoms with Gasteiger partial charge in [0.1, 0.15) is 10.8 Å². The van der Waals surface area contributed by atoms with E-state index in [0.29, 0.717) is 4.99 Å². The van der Waals surface area contributed by atoms with Crippen LogP contribution in [0.5, 0.6) is 0 Å². The fraction of sp³-hybridized carbons (Fsp3) is 0.400. The summed E-state index contributed by atoms with van der Waals surface area (Å²) in [6.45, 7) is 1.59. The summed E-state index contributed by atoms with van der Waals surface area (Å²) in [6.07, 6.45) is 10.1. The predicted octanol–water partition coefficient (Wildman–Crippen LogP) is 1.90. The Labute approximate surface area is 129 Å². The van der Waals surface area contributed by atoms with E-state index in [0.717, 1.165) is 37.3 Å². The van der Waals surface area contributed by atoms with Crippen molar-refractivity contribution in [3.63, 3.8) is 0 Å². The number of anilines is 1. The first-order valence-electron chi connectivity index (χ1n) is 7.26. The van der Waals surface area contributed by atoms with Gasteiger partial charge in [-0.05, 0) is 37.3 Å². The summed E-state index contributed by atoms with van der Waals surface area (Å²) in [5.74, 6) is 0.809. The Bertz CT molecular complexity index is 636. The van der Waals surface area contributed by atoms with E-state index in [1.807, 2.05) is 10.8 Å². The highest BCUT2D eigenvalue weighted by Crippen LogP contribution is 2.24. The summed E-state index contributed by atoms with van der Waals surface area (Å²) in [5, 5.41) is 3.36. The average Bonchev–Trinajstić information content (AvgIpc) is 2.99. The number of hydrogen-bond donors (Lipinski definition) is 2. The normalized spacial score (nSPS) is 13.7. The second kappa shape index (κ2) is 6.22. The Morgan fingerprint density at radius 1 is 1.38 bits per heavy atom. The lowest BCUT2D eigenvalue weighted by atomic mass is 9.94. The monoisotopic (exact) mass is 301 g/mol. The largest absolute Gasteiger partial charge is 0.389 e. The first-order chi connectivity index (χ1) is 10.2. The van der Waals surface area contributed by atoms with Gasteiger partial charge in [0.05, 0.1) is 11.9 Å². The number of aryl methyl sites for hydroxylation is 2. The number of nitrogens with two attached hydrogens (primary N) is 1. The van der Waals surface area contributed by atoms with Crippen LogP contribution in [0.3, 0.4) is 0 Å². The summed E-state index contributed by atoms with van der Waals surface area (Å²) < 4.78 is 2.02. The van der Waals surface area contributed by atoms with Crippen LogP contribution in [0.15, 0.2) is 24.8 Å². The van der Waals surface area contributed by atoms with E-state index in [9.17, 15) is 0 Å². The van der Waals surface area contributed by atoms with Crippen molar-refractivity contribution < 1.29 is 0 Å². The van der Waals surface area contributed by atoms with Crippen LogP contribution in [0.25, 0.3) is 0 Å².